The molecule has 0 unspecified atom stereocenters. The molecule has 2 radical (unpaired) electrons. The summed E-state index contributed by atoms with van der Waals surface area (Å²) in [4.78, 5) is 3.98. The Morgan fingerprint density at radius 1 is 1.86 bits per heavy atom. The second kappa shape index (κ2) is 1.78. The lowest BCUT2D eigenvalue weighted by Gasteiger charge is -1.75. The van der Waals surface area contributed by atoms with Crippen molar-refractivity contribution in [1.29, 1.82) is 0 Å². The maximum Gasteiger partial charge on any atom is 0.310 e. The molecular weight excluding hydrogens is 88.1 g/mol. The average Bonchev–Trinajstić information content (AvgIpc) is 2.14. The monoisotopic (exact) mass is 95.1 g/mol. The predicted molar refractivity (Wildman–Crippen MR) is 28.9 cm³/mol. The topological polar surface area (TPSA) is 26.1 Å². The van der Waals surface area contributed by atoms with E-state index in [0.717, 1.165) is 18.9 Å². The number of amidine groups is 1. The Labute approximate surface area is 42.9 Å². The van der Waals surface area contributed by atoms with Crippen LogP contribution in [0.4, 0.5) is 0 Å². The molecule has 0 atom stereocenters. The first-order chi connectivity index (χ1) is 3.43. The van der Waals surface area contributed by atoms with E-state index >= 15 is 0 Å². The number of nitrogens with one attached hydrogen (secondary N) is 1. The van der Waals surface area contributed by atoms with Crippen LogP contribution in [-0.2, 0) is 0 Å². The third-order valence-corrected chi connectivity index (χ3v) is 0.858. The van der Waals surface area contributed by atoms with Crippen LogP contribution in [0.2, 0.25) is 0 Å². The molecule has 7 heavy (non-hydrogen) atoms. The van der Waals surface area contributed by atoms with E-state index in [4.69, 9.17) is 6.58 Å². The Bertz CT molecular complexity index is 105. The fourth-order valence-corrected chi connectivity index (χ4v) is 0.528. The molecule has 1 heterocycles. The molecular formula is C5H7N2+. The molecule has 0 aromatic carbocycles. The van der Waals surface area contributed by atoms with Gasteiger partial charge in [0, 0.05) is 6.08 Å². The molecule has 0 aromatic heterocycles. The first-order valence-electron chi connectivity index (χ1n) is 2.27. The van der Waals surface area contributed by atoms with Crippen LogP contribution in [-0.4, -0.2) is 18.9 Å². The van der Waals surface area contributed by atoms with E-state index in [0.29, 0.717) is 0 Å². The molecule has 0 fully saturated rings. The van der Waals surface area contributed by atoms with Crippen molar-refractivity contribution in [2.45, 2.75) is 0 Å². The van der Waals surface area contributed by atoms with Gasteiger partial charge in [-0.15, -0.1) is 0 Å². The van der Waals surface area contributed by atoms with E-state index in [9.17, 15) is 0 Å². The van der Waals surface area contributed by atoms with Crippen LogP contribution in [0, 0.1) is 6.58 Å². The molecule has 2 nitrogen and oxygen atoms in total. The molecule has 36 valence electrons. The fourth-order valence-electron chi connectivity index (χ4n) is 0.528. The molecule has 1 rings (SSSR count). The van der Waals surface area contributed by atoms with Gasteiger partial charge < -0.3 is 0 Å². The van der Waals surface area contributed by atoms with E-state index in [1.54, 1.807) is 0 Å². The first kappa shape index (κ1) is 4.37. The van der Waals surface area contributed by atoms with Gasteiger partial charge in [-0.25, -0.2) is 0 Å². The number of aliphatic imine (C=N–C) groups is 1. The van der Waals surface area contributed by atoms with Crippen molar-refractivity contribution in [2.75, 3.05) is 13.1 Å². The second-order valence-corrected chi connectivity index (χ2v) is 1.36. The summed E-state index contributed by atoms with van der Waals surface area (Å²) in [5.74, 6) is 0.819. The van der Waals surface area contributed by atoms with Crippen LogP contribution >= 0.6 is 0 Å². The highest BCUT2D eigenvalue weighted by Gasteiger charge is 2.09. The molecule has 0 aromatic rings. The minimum absolute atomic E-state index is 0.819. The zero-order valence-electron chi connectivity index (χ0n) is 4.02. The number of hydrogen-bond acceptors (Lipinski definition) is 2. The van der Waals surface area contributed by atoms with Crippen molar-refractivity contribution < 1.29 is 0 Å². The van der Waals surface area contributed by atoms with Crippen molar-refractivity contribution in [3.63, 3.8) is 0 Å². The third-order valence-electron chi connectivity index (χ3n) is 0.858. The molecule has 1 N–H and O–H groups in total. The second-order valence-electron chi connectivity index (χ2n) is 1.36. The highest BCUT2D eigenvalue weighted by atomic mass is 15.1. The van der Waals surface area contributed by atoms with Gasteiger partial charge in [0.1, 0.15) is 6.54 Å². The van der Waals surface area contributed by atoms with Crippen LogP contribution in [0.5, 0.6) is 0 Å². The van der Waals surface area contributed by atoms with Gasteiger partial charge >= 0.3 is 5.84 Å². The summed E-state index contributed by atoms with van der Waals surface area (Å²) >= 11 is 0. The van der Waals surface area contributed by atoms with Gasteiger partial charge in [-0.3, -0.25) is 5.32 Å². The van der Waals surface area contributed by atoms with Crippen LogP contribution < -0.4 is 10.3 Å². The molecule has 1 aliphatic rings. The normalized spacial score (nSPS) is 18.0. The number of nitrogens with zero attached hydrogens (tertiary/aromatic N) is 1. The summed E-state index contributed by atoms with van der Waals surface area (Å²) in [5.41, 5.74) is 0. The largest absolute Gasteiger partial charge is 0.310 e. The zero-order valence-corrected chi connectivity index (χ0v) is 4.02. The van der Waals surface area contributed by atoms with Gasteiger partial charge in [0.25, 0.3) is 0 Å². The highest BCUT2D eigenvalue weighted by Crippen LogP contribution is 1.72. The van der Waals surface area contributed by atoms with Crippen LogP contribution in [0.15, 0.2) is 6.08 Å². The lowest BCUT2D eigenvalue weighted by Crippen LogP contribution is -2.15. The quantitative estimate of drug-likeness (QED) is 0.458. The van der Waals surface area contributed by atoms with Gasteiger partial charge in [0.05, 0.1) is 0 Å². The predicted octanol–water partition coefficient (Wildman–Crippen LogP) is -0.687. The van der Waals surface area contributed by atoms with E-state index in [1.807, 2.05) is 0 Å². The smallest absolute Gasteiger partial charge is 0.267 e. The molecule has 0 spiro atoms. The number of rotatable bonds is 1. The Balaban J connectivity index is 2.51. The van der Waals surface area contributed by atoms with Crippen molar-refractivity contribution >= 4 is 5.84 Å². The fraction of sp³-hybridized carbons (Fsp3) is 0.400. The van der Waals surface area contributed by atoms with Gasteiger partial charge in [0.2, 0.25) is 0 Å². The summed E-state index contributed by atoms with van der Waals surface area (Å²) in [7, 11) is 0. The van der Waals surface area contributed by atoms with E-state index in [1.165, 1.54) is 6.08 Å². The number of hydrogen-bond donors (Lipinski definition) is 1. The average molecular weight is 95.1 g/mol. The summed E-state index contributed by atoms with van der Waals surface area (Å²) in [5, 5.41) is 2.98. The maximum atomic E-state index is 5.12. The lowest BCUT2D eigenvalue weighted by molar-refractivity contribution is 0.927. The summed E-state index contributed by atoms with van der Waals surface area (Å²) < 4.78 is 0. The van der Waals surface area contributed by atoms with Crippen molar-refractivity contribution in [3.05, 3.63) is 12.7 Å². The Hall–Kier alpha value is -0.790. The molecule has 0 saturated heterocycles. The van der Waals surface area contributed by atoms with E-state index in [-0.39, 0.29) is 0 Å². The summed E-state index contributed by atoms with van der Waals surface area (Å²) in [6, 6.07) is 0. The van der Waals surface area contributed by atoms with Crippen molar-refractivity contribution in [2.24, 2.45) is 0 Å². The Morgan fingerprint density at radius 2 is 2.71 bits per heavy atom. The lowest BCUT2D eigenvalue weighted by atomic mass is 10.6. The molecule has 0 saturated carbocycles. The van der Waals surface area contributed by atoms with Crippen LogP contribution in [0.25, 0.3) is 0 Å². The maximum absolute atomic E-state index is 5.12. The van der Waals surface area contributed by atoms with E-state index < -0.39 is 0 Å². The first-order valence-corrected chi connectivity index (χ1v) is 2.27. The Kier molecular flexibility index (Phi) is 1.11. The van der Waals surface area contributed by atoms with Crippen LogP contribution in [0.3, 0.4) is 0 Å². The third kappa shape index (κ3) is 0.796. The molecule has 0 aliphatic carbocycles. The van der Waals surface area contributed by atoms with Crippen LogP contribution in [0.1, 0.15) is 0 Å². The standard InChI is InChI=1S/C5H7N2/c1-2-5-6-3-4-7-5/h1-2,6H,3-4H2/q+1. The summed E-state index contributed by atoms with van der Waals surface area (Å²) in [6.07, 6.45) is 1.48. The van der Waals surface area contributed by atoms with E-state index in [2.05, 4.69) is 10.3 Å². The summed E-state index contributed by atoms with van der Waals surface area (Å²) in [6.45, 7) is 6.91. The minimum Gasteiger partial charge on any atom is -0.267 e. The van der Waals surface area contributed by atoms with Crippen molar-refractivity contribution in [3.8, 4) is 0 Å². The molecule has 2 heteroatoms. The van der Waals surface area contributed by atoms with Gasteiger partial charge in [-0.05, 0) is 0 Å². The zero-order chi connectivity index (χ0) is 5.11. The molecule has 0 amide bonds. The molecule has 1 aliphatic heterocycles. The Morgan fingerprint density at radius 3 is 3.00 bits per heavy atom. The highest BCUT2D eigenvalue weighted by molar-refractivity contribution is 5.92. The van der Waals surface area contributed by atoms with Gasteiger partial charge in [0.15, 0.2) is 6.54 Å². The van der Waals surface area contributed by atoms with Crippen molar-refractivity contribution in [1.82, 2.24) is 10.3 Å². The van der Waals surface area contributed by atoms with Gasteiger partial charge in [-0.2, -0.15) is 0 Å². The SMILES string of the molecule is [CH]=CC1=[N+]CCN1. The van der Waals surface area contributed by atoms with Gasteiger partial charge in [-0.1, -0.05) is 11.6 Å². The molecule has 0 bridgehead atoms. The minimum atomic E-state index is 0.819.